The number of hydrogen-bond donors (Lipinski definition) is 2. The number of nitrogens with one attached hydrogen (secondary N) is 1. The normalized spacial score (nSPS) is 10.1. The molecule has 0 aliphatic rings. The average molecular weight is 264 g/mol. The fourth-order valence-electron chi connectivity index (χ4n) is 1.34. The van der Waals surface area contributed by atoms with E-state index in [2.05, 4.69) is 15.5 Å². The predicted molar refractivity (Wildman–Crippen MR) is 67.8 cm³/mol. The summed E-state index contributed by atoms with van der Waals surface area (Å²) in [6.07, 6.45) is 0. The van der Waals surface area contributed by atoms with Crippen molar-refractivity contribution in [3.63, 3.8) is 0 Å². The summed E-state index contributed by atoms with van der Waals surface area (Å²) >= 11 is 5.78. The van der Waals surface area contributed by atoms with Crippen molar-refractivity contribution in [2.75, 3.05) is 5.32 Å². The molecule has 0 radical (unpaired) electrons. The van der Waals surface area contributed by atoms with Crippen molar-refractivity contribution in [2.45, 2.75) is 6.54 Å². The van der Waals surface area contributed by atoms with Crippen LogP contribution in [0, 0.1) is 0 Å². The van der Waals surface area contributed by atoms with Gasteiger partial charge in [0.05, 0.1) is 0 Å². The van der Waals surface area contributed by atoms with Gasteiger partial charge in [-0.2, -0.15) is 0 Å². The van der Waals surface area contributed by atoms with E-state index in [0.29, 0.717) is 17.4 Å². The van der Waals surface area contributed by atoms with Crippen LogP contribution in [0.25, 0.3) is 0 Å². The van der Waals surface area contributed by atoms with Crippen molar-refractivity contribution >= 4 is 23.4 Å². The van der Waals surface area contributed by atoms with E-state index in [1.165, 1.54) is 6.07 Å². The minimum Gasteiger partial charge on any atom is -0.476 e. The number of hydrogen-bond acceptors (Lipinski definition) is 4. The molecule has 92 valence electrons. The molecule has 0 aliphatic carbocycles. The SMILES string of the molecule is O=C(O)c1ccc(NCc2ccc(Cl)cc2)nn1. The van der Waals surface area contributed by atoms with Gasteiger partial charge in [-0.15, -0.1) is 10.2 Å². The van der Waals surface area contributed by atoms with E-state index in [1.54, 1.807) is 18.2 Å². The zero-order valence-corrected chi connectivity index (χ0v) is 10.1. The Kier molecular flexibility index (Phi) is 3.74. The highest BCUT2D eigenvalue weighted by molar-refractivity contribution is 6.30. The first-order valence-corrected chi connectivity index (χ1v) is 5.58. The Morgan fingerprint density at radius 2 is 1.89 bits per heavy atom. The Morgan fingerprint density at radius 3 is 2.44 bits per heavy atom. The second-order valence-corrected chi connectivity index (χ2v) is 4.03. The van der Waals surface area contributed by atoms with Gasteiger partial charge in [0.25, 0.3) is 0 Å². The molecule has 0 spiro atoms. The largest absolute Gasteiger partial charge is 0.476 e. The smallest absolute Gasteiger partial charge is 0.356 e. The number of rotatable bonds is 4. The molecular weight excluding hydrogens is 254 g/mol. The molecule has 1 aromatic carbocycles. The van der Waals surface area contributed by atoms with Crippen LogP contribution in [0.2, 0.25) is 5.02 Å². The fourth-order valence-corrected chi connectivity index (χ4v) is 1.46. The number of aromatic carboxylic acids is 1. The lowest BCUT2D eigenvalue weighted by Gasteiger charge is -2.05. The Balaban J connectivity index is 1.97. The first-order chi connectivity index (χ1) is 8.65. The number of nitrogens with zero attached hydrogens (tertiary/aromatic N) is 2. The van der Waals surface area contributed by atoms with Gasteiger partial charge in [-0.25, -0.2) is 4.79 Å². The van der Waals surface area contributed by atoms with Crippen molar-refractivity contribution in [2.24, 2.45) is 0 Å². The van der Waals surface area contributed by atoms with Gasteiger partial charge in [-0.05, 0) is 29.8 Å². The second kappa shape index (κ2) is 5.46. The van der Waals surface area contributed by atoms with Crippen molar-refractivity contribution in [3.8, 4) is 0 Å². The van der Waals surface area contributed by atoms with Gasteiger partial charge in [0, 0.05) is 11.6 Å². The zero-order chi connectivity index (χ0) is 13.0. The average Bonchev–Trinajstić information content (AvgIpc) is 2.38. The molecule has 0 bridgehead atoms. The first-order valence-electron chi connectivity index (χ1n) is 5.20. The Bertz CT molecular complexity index is 540. The molecule has 5 nitrogen and oxygen atoms in total. The lowest BCUT2D eigenvalue weighted by molar-refractivity contribution is 0.0689. The second-order valence-electron chi connectivity index (χ2n) is 3.59. The number of carboxylic acids is 1. The van der Waals surface area contributed by atoms with Crippen LogP contribution in [0.1, 0.15) is 16.1 Å². The molecule has 0 atom stereocenters. The van der Waals surface area contributed by atoms with Crippen molar-refractivity contribution in [3.05, 3.63) is 52.7 Å². The highest BCUT2D eigenvalue weighted by Crippen LogP contribution is 2.11. The molecular formula is C12H10ClN3O2. The van der Waals surface area contributed by atoms with E-state index >= 15 is 0 Å². The fraction of sp³-hybridized carbons (Fsp3) is 0.0833. The maximum atomic E-state index is 10.6. The van der Waals surface area contributed by atoms with Crippen molar-refractivity contribution in [1.29, 1.82) is 0 Å². The van der Waals surface area contributed by atoms with Crippen molar-refractivity contribution in [1.82, 2.24) is 10.2 Å². The summed E-state index contributed by atoms with van der Waals surface area (Å²) in [5.41, 5.74) is 0.968. The van der Waals surface area contributed by atoms with Crippen LogP contribution in [0.4, 0.5) is 5.82 Å². The van der Waals surface area contributed by atoms with Crippen molar-refractivity contribution < 1.29 is 9.90 Å². The molecule has 0 aliphatic heterocycles. The van der Waals surface area contributed by atoms with E-state index in [9.17, 15) is 4.79 Å². The first kappa shape index (κ1) is 12.3. The van der Waals surface area contributed by atoms with E-state index in [4.69, 9.17) is 16.7 Å². The molecule has 1 aromatic heterocycles. The molecule has 0 unspecified atom stereocenters. The predicted octanol–water partition coefficient (Wildman–Crippen LogP) is 2.44. The highest BCUT2D eigenvalue weighted by Gasteiger charge is 2.04. The summed E-state index contributed by atoms with van der Waals surface area (Å²) in [6, 6.07) is 10.4. The lowest BCUT2D eigenvalue weighted by Crippen LogP contribution is -2.06. The van der Waals surface area contributed by atoms with Gasteiger partial charge in [-0.3, -0.25) is 0 Å². The van der Waals surface area contributed by atoms with E-state index in [1.807, 2.05) is 12.1 Å². The lowest BCUT2D eigenvalue weighted by atomic mass is 10.2. The molecule has 18 heavy (non-hydrogen) atoms. The summed E-state index contributed by atoms with van der Waals surface area (Å²) < 4.78 is 0. The zero-order valence-electron chi connectivity index (χ0n) is 9.30. The third-order valence-electron chi connectivity index (χ3n) is 2.27. The molecule has 2 aromatic rings. The summed E-state index contributed by atoms with van der Waals surface area (Å²) in [5, 5.41) is 19.7. The van der Waals surface area contributed by atoms with Crippen LogP contribution in [0.5, 0.6) is 0 Å². The third-order valence-corrected chi connectivity index (χ3v) is 2.52. The van der Waals surface area contributed by atoms with Gasteiger partial charge >= 0.3 is 5.97 Å². The number of anilines is 1. The van der Waals surface area contributed by atoms with Crippen LogP contribution in [-0.4, -0.2) is 21.3 Å². The number of halogens is 1. The molecule has 0 fully saturated rings. The molecule has 6 heteroatoms. The highest BCUT2D eigenvalue weighted by atomic mass is 35.5. The van der Waals surface area contributed by atoms with E-state index in [0.717, 1.165) is 5.56 Å². The van der Waals surface area contributed by atoms with Gasteiger partial charge in [0.15, 0.2) is 5.69 Å². The molecule has 0 saturated carbocycles. The van der Waals surface area contributed by atoms with E-state index in [-0.39, 0.29) is 5.69 Å². The number of carbonyl (C=O) groups is 1. The summed E-state index contributed by atoms with van der Waals surface area (Å²) in [4.78, 5) is 10.6. The quantitative estimate of drug-likeness (QED) is 0.886. The van der Waals surface area contributed by atoms with Crippen LogP contribution in [0.15, 0.2) is 36.4 Å². The van der Waals surface area contributed by atoms with Crippen LogP contribution < -0.4 is 5.32 Å². The van der Waals surface area contributed by atoms with Gasteiger partial charge in [0.1, 0.15) is 5.82 Å². The standard InChI is InChI=1S/C12H10ClN3O2/c13-9-3-1-8(2-4-9)7-14-11-6-5-10(12(17)18)15-16-11/h1-6H,7H2,(H,14,16)(H,17,18). The van der Waals surface area contributed by atoms with E-state index < -0.39 is 5.97 Å². The van der Waals surface area contributed by atoms with Crippen LogP contribution >= 0.6 is 11.6 Å². The van der Waals surface area contributed by atoms with Gasteiger partial charge < -0.3 is 10.4 Å². The topological polar surface area (TPSA) is 75.1 Å². The number of benzene rings is 1. The minimum absolute atomic E-state index is 0.0768. The maximum absolute atomic E-state index is 10.6. The molecule has 2 N–H and O–H groups in total. The minimum atomic E-state index is -1.09. The number of carboxylic acid groups (broad SMARTS) is 1. The van der Waals surface area contributed by atoms with Crippen LogP contribution in [-0.2, 0) is 6.54 Å². The summed E-state index contributed by atoms with van der Waals surface area (Å²) in [5.74, 6) is -0.568. The Morgan fingerprint density at radius 1 is 1.17 bits per heavy atom. The third kappa shape index (κ3) is 3.18. The summed E-state index contributed by atoms with van der Waals surface area (Å²) in [7, 11) is 0. The molecule has 0 saturated heterocycles. The monoisotopic (exact) mass is 263 g/mol. The van der Waals surface area contributed by atoms with Gasteiger partial charge in [-0.1, -0.05) is 23.7 Å². The molecule has 1 heterocycles. The maximum Gasteiger partial charge on any atom is 0.356 e. The van der Waals surface area contributed by atoms with Crippen LogP contribution in [0.3, 0.4) is 0 Å². The molecule has 0 amide bonds. The Hall–Kier alpha value is -2.14. The summed E-state index contributed by atoms with van der Waals surface area (Å²) in [6.45, 7) is 0.568. The van der Waals surface area contributed by atoms with Gasteiger partial charge in [0.2, 0.25) is 0 Å². The number of aromatic nitrogens is 2. The molecule has 2 rings (SSSR count). The Labute approximate surface area is 108 Å².